The van der Waals surface area contributed by atoms with Gasteiger partial charge in [-0.3, -0.25) is 0 Å². The van der Waals surface area contributed by atoms with Gasteiger partial charge in [-0.15, -0.1) is 46.1 Å². The van der Waals surface area contributed by atoms with E-state index < -0.39 is 0 Å². The van der Waals surface area contributed by atoms with Crippen LogP contribution in [0.4, 0.5) is 0 Å². The van der Waals surface area contributed by atoms with Gasteiger partial charge >= 0.3 is 0 Å². The molecule has 0 amide bonds. The predicted octanol–water partition coefficient (Wildman–Crippen LogP) is 18.0. The first kappa shape index (κ1) is 46.8. The Bertz CT molecular complexity index is 1490. The Morgan fingerprint density at radius 3 is 1.60 bits per heavy atom. The normalized spacial score (nSPS) is 27.3. The van der Waals surface area contributed by atoms with Crippen LogP contribution in [-0.4, -0.2) is 0 Å². The predicted molar refractivity (Wildman–Crippen MR) is 255 cm³/mol. The molecule has 0 aromatic rings. The quantitative estimate of drug-likeness (QED) is 0.0452. The fourth-order valence-electron chi connectivity index (χ4n) is 10.7. The second-order valence-corrected chi connectivity index (χ2v) is 19.1. The lowest BCUT2D eigenvalue weighted by Crippen LogP contribution is -2.29. The molecule has 4 aliphatic rings. The average molecular weight is 771 g/mol. The van der Waals surface area contributed by atoms with E-state index in [1.807, 2.05) is 0 Å². The molecule has 5 atom stereocenters. The first-order chi connectivity index (χ1) is 27.6. The number of hydrogen-bond donors (Lipinski definition) is 0. The van der Waals surface area contributed by atoms with E-state index in [2.05, 4.69) is 128 Å². The SMILES string of the molecule is C=CCCCCCCC(CCCCC=C)=C(CC(CCCCCCC=C1CC1C)=C(CCCC=CC1(C=C)CC1C)C1(C=C)CC1C)C1(C(C=C)(C=C)C=C)CC1. The summed E-state index contributed by atoms with van der Waals surface area (Å²) in [5.41, 5.74) is 8.76. The number of rotatable bonds is 34. The maximum Gasteiger partial charge on any atom is 0.0328 e. The smallest absolute Gasteiger partial charge is 0.0328 e. The zero-order chi connectivity index (χ0) is 41.4. The molecule has 5 unspecified atom stereocenters. The molecule has 0 heteroatoms. The fraction of sp³-hybridized carbons (Fsp3) is 0.614. The van der Waals surface area contributed by atoms with Gasteiger partial charge in [0.15, 0.2) is 0 Å². The minimum Gasteiger partial charge on any atom is -0.103 e. The molecule has 4 saturated carbocycles. The third-order valence-electron chi connectivity index (χ3n) is 15.4. The van der Waals surface area contributed by atoms with Crippen LogP contribution in [0, 0.1) is 39.4 Å². The average Bonchev–Trinajstić information content (AvgIpc) is 4.11. The van der Waals surface area contributed by atoms with E-state index in [0.717, 1.165) is 37.5 Å². The van der Waals surface area contributed by atoms with Gasteiger partial charge in [0.2, 0.25) is 0 Å². The molecule has 0 heterocycles. The van der Waals surface area contributed by atoms with Crippen LogP contribution in [0.25, 0.3) is 0 Å². The summed E-state index contributed by atoms with van der Waals surface area (Å²) in [5, 5.41) is 0. The zero-order valence-corrected chi connectivity index (χ0v) is 37.6. The summed E-state index contributed by atoms with van der Waals surface area (Å²) in [6, 6.07) is 0. The highest BCUT2D eigenvalue weighted by atomic mass is 14.6. The maximum absolute atomic E-state index is 4.56. The zero-order valence-electron chi connectivity index (χ0n) is 37.6. The standard InChI is InChI=1S/C57H86/c1-11-18-20-22-24-29-35-49(34-28-21-19-12-2)53(57(40-41-57)55(14-4,15-5)16-6)43-51(37-31-26-23-25-30-36-50-42-46(50)8)52(56(17-7)45-48(56)10)38-32-27-33-39-54(13-3)44-47(54)9/h11-17,33,36,39,46-48H,1-7,18-32,34-35,37-38,40-45H2,8-10H3. The summed E-state index contributed by atoms with van der Waals surface area (Å²) < 4.78 is 0. The van der Waals surface area contributed by atoms with E-state index >= 15 is 0 Å². The Hall–Kier alpha value is -2.86. The molecule has 314 valence electrons. The van der Waals surface area contributed by atoms with E-state index in [-0.39, 0.29) is 21.7 Å². The van der Waals surface area contributed by atoms with Gasteiger partial charge in [0.05, 0.1) is 0 Å². The van der Waals surface area contributed by atoms with Crippen LogP contribution in [0.5, 0.6) is 0 Å². The van der Waals surface area contributed by atoms with Crippen LogP contribution < -0.4 is 0 Å². The third-order valence-corrected chi connectivity index (χ3v) is 15.4. The summed E-state index contributed by atoms with van der Waals surface area (Å²) in [7, 11) is 0. The van der Waals surface area contributed by atoms with Crippen LogP contribution in [0.15, 0.2) is 135 Å². The Labute approximate surface area is 354 Å². The van der Waals surface area contributed by atoms with Gasteiger partial charge in [0.1, 0.15) is 0 Å². The van der Waals surface area contributed by atoms with Gasteiger partial charge in [-0.25, -0.2) is 0 Å². The van der Waals surface area contributed by atoms with Crippen LogP contribution >= 0.6 is 0 Å². The lowest BCUT2D eigenvalue weighted by Gasteiger charge is -2.39. The van der Waals surface area contributed by atoms with Crippen molar-refractivity contribution in [3.05, 3.63) is 135 Å². The van der Waals surface area contributed by atoms with Crippen LogP contribution in [0.1, 0.15) is 181 Å². The van der Waals surface area contributed by atoms with Crippen molar-refractivity contribution in [3.63, 3.8) is 0 Å². The Morgan fingerprint density at radius 1 is 0.596 bits per heavy atom. The van der Waals surface area contributed by atoms with Gasteiger partial charge in [-0.05, 0) is 153 Å². The van der Waals surface area contributed by atoms with Crippen molar-refractivity contribution < 1.29 is 0 Å². The Kier molecular flexibility index (Phi) is 18.5. The van der Waals surface area contributed by atoms with Crippen molar-refractivity contribution in [2.75, 3.05) is 0 Å². The molecule has 0 radical (unpaired) electrons. The molecule has 4 rings (SSSR count). The summed E-state index contributed by atoms with van der Waals surface area (Å²) in [5.74, 6) is 2.23. The topological polar surface area (TPSA) is 0 Å². The van der Waals surface area contributed by atoms with Gasteiger partial charge in [0.25, 0.3) is 0 Å². The molecule has 57 heavy (non-hydrogen) atoms. The molecule has 4 fully saturated rings. The van der Waals surface area contributed by atoms with E-state index in [0.29, 0.717) is 5.92 Å². The summed E-state index contributed by atoms with van der Waals surface area (Å²) in [6.45, 7) is 37.4. The number of unbranched alkanes of at least 4 members (excludes halogenated alkanes) is 11. The van der Waals surface area contributed by atoms with Crippen molar-refractivity contribution >= 4 is 0 Å². The first-order valence-electron chi connectivity index (χ1n) is 23.8. The highest BCUT2D eigenvalue weighted by Crippen LogP contribution is 2.68. The largest absolute Gasteiger partial charge is 0.103 e. The molecular formula is C57H86. The van der Waals surface area contributed by atoms with Crippen molar-refractivity contribution in [3.8, 4) is 0 Å². The van der Waals surface area contributed by atoms with Crippen molar-refractivity contribution in [2.24, 2.45) is 39.4 Å². The van der Waals surface area contributed by atoms with Gasteiger partial charge in [0, 0.05) is 21.7 Å². The second kappa shape index (κ2) is 22.5. The van der Waals surface area contributed by atoms with Gasteiger partial charge in [-0.2, -0.15) is 0 Å². The summed E-state index contributed by atoms with van der Waals surface area (Å²) in [6.07, 6.45) is 53.5. The highest BCUT2D eigenvalue weighted by Gasteiger charge is 2.58. The molecule has 0 aliphatic heterocycles. The fourth-order valence-corrected chi connectivity index (χ4v) is 10.7. The monoisotopic (exact) mass is 771 g/mol. The minimum atomic E-state index is -0.299. The molecule has 0 saturated heterocycles. The van der Waals surface area contributed by atoms with E-state index in [4.69, 9.17) is 0 Å². The number of hydrogen-bond acceptors (Lipinski definition) is 0. The van der Waals surface area contributed by atoms with Crippen LogP contribution in [0.3, 0.4) is 0 Å². The maximum atomic E-state index is 4.56. The lowest BCUT2D eigenvalue weighted by atomic mass is 9.65. The first-order valence-corrected chi connectivity index (χ1v) is 23.8. The van der Waals surface area contributed by atoms with E-state index in [9.17, 15) is 0 Å². The molecule has 0 nitrogen and oxygen atoms in total. The second-order valence-electron chi connectivity index (χ2n) is 19.1. The molecule has 0 aromatic heterocycles. The van der Waals surface area contributed by atoms with E-state index in [1.165, 1.54) is 135 Å². The highest BCUT2D eigenvalue weighted by molar-refractivity contribution is 5.45. The van der Waals surface area contributed by atoms with Crippen molar-refractivity contribution in [1.82, 2.24) is 0 Å². The lowest BCUT2D eigenvalue weighted by molar-refractivity contribution is 0.384. The van der Waals surface area contributed by atoms with Crippen molar-refractivity contribution in [2.45, 2.75) is 181 Å². The summed E-state index contributed by atoms with van der Waals surface area (Å²) in [4.78, 5) is 0. The van der Waals surface area contributed by atoms with Crippen LogP contribution in [-0.2, 0) is 0 Å². The molecule has 0 aromatic carbocycles. The molecule has 4 aliphatic carbocycles. The summed E-state index contributed by atoms with van der Waals surface area (Å²) >= 11 is 0. The molecule has 0 N–H and O–H groups in total. The van der Waals surface area contributed by atoms with Crippen LogP contribution in [0.2, 0.25) is 0 Å². The van der Waals surface area contributed by atoms with Gasteiger partial charge in [-0.1, -0.05) is 135 Å². The molecular weight excluding hydrogens is 685 g/mol. The molecule has 0 bridgehead atoms. The Morgan fingerprint density at radius 2 is 1.12 bits per heavy atom. The minimum absolute atomic E-state index is 0.0257. The number of allylic oxidation sites excluding steroid dienone is 15. The van der Waals surface area contributed by atoms with Crippen molar-refractivity contribution in [1.29, 1.82) is 0 Å². The van der Waals surface area contributed by atoms with Gasteiger partial charge < -0.3 is 0 Å². The Balaban J connectivity index is 1.74. The third kappa shape index (κ3) is 12.1. The van der Waals surface area contributed by atoms with E-state index in [1.54, 1.807) is 27.9 Å². The molecule has 0 spiro atoms.